The van der Waals surface area contributed by atoms with Crippen LogP contribution in [-0.2, 0) is 6.61 Å². The van der Waals surface area contributed by atoms with Crippen LogP contribution in [0.5, 0.6) is 0 Å². The smallest absolute Gasteiger partial charge is 0.128 e. The molecule has 1 saturated carbocycles. The van der Waals surface area contributed by atoms with Crippen molar-refractivity contribution in [2.24, 2.45) is 0 Å². The van der Waals surface area contributed by atoms with Crippen LogP contribution in [0.15, 0.2) is 18.2 Å². The third-order valence-corrected chi connectivity index (χ3v) is 3.41. The second-order valence-electron chi connectivity index (χ2n) is 4.93. The molecule has 17 heavy (non-hydrogen) atoms. The van der Waals surface area contributed by atoms with Gasteiger partial charge in [0.05, 0.1) is 17.9 Å². The number of hydrogen-bond acceptors (Lipinski definition) is 4. The van der Waals surface area contributed by atoms with Gasteiger partial charge in [-0.25, -0.2) is 4.98 Å². The molecule has 2 N–H and O–H groups in total. The normalized spacial score (nSPS) is 18.3. The third-order valence-electron chi connectivity index (χ3n) is 3.41. The Bertz CT molecular complexity index is 375. The molecule has 1 aromatic heterocycles. The van der Waals surface area contributed by atoms with Crippen molar-refractivity contribution >= 4 is 5.82 Å². The predicted octanol–water partition coefficient (Wildman–Crippen LogP) is 1.32. The van der Waals surface area contributed by atoms with Crippen LogP contribution >= 0.6 is 0 Å². The molecule has 1 heterocycles. The second-order valence-corrected chi connectivity index (χ2v) is 4.93. The van der Waals surface area contributed by atoms with Gasteiger partial charge in [0.2, 0.25) is 0 Å². The van der Waals surface area contributed by atoms with Gasteiger partial charge in [-0.1, -0.05) is 18.9 Å². The standard InChI is InChI=1S/C13H20N2O2/c1-15(10-13(17)7-2-3-8-13)12-6-4-5-11(9-16)14-12/h4-6,16-17H,2-3,7-10H2,1H3. The first kappa shape index (κ1) is 12.3. The van der Waals surface area contributed by atoms with Gasteiger partial charge in [-0.3, -0.25) is 0 Å². The van der Waals surface area contributed by atoms with E-state index in [0.29, 0.717) is 12.2 Å². The summed E-state index contributed by atoms with van der Waals surface area (Å²) in [5, 5.41) is 19.4. The van der Waals surface area contributed by atoms with Crippen LogP contribution in [0.2, 0.25) is 0 Å². The van der Waals surface area contributed by atoms with Crippen LogP contribution in [-0.4, -0.2) is 34.4 Å². The number of likely N-dealkylation sites (N-methyl/N-ethyl adjacent to an activating group) is 1. The largest absolute Gasteiger partial charge is 0.390 e. The molecule has 0 bridgehead atoms. The fraction of sp³-hybridized carbons (Fsp3) is 0.615. The minimum atomic E-state index is -0.564. The quantitative estimate of drug-likeness (QED) is 0.827. The highest BCUT2D eigenvalue weighted by molar-refractivity contribution is 5.38. The Morgan fingerprint density at radius 1 is 1.35 bits per heavy atom. The topological polar surface area (TPSA) is 56.6 Å². The monoisotopic (exact) mass is 236 g/mol. The highest BCUT2D eigenvalue weighted by atomic mass is 16.3. The Kier molecular flexibility index (Phi) is 3.64. The minimum Gasteiger partial charge on any atom is -0.390 e. The zero-order valence-corrected chi connectivity index (χ0v) is 10.3. The Morgan fingerprint density at radius 2 is 2.06 bits per heavy atom. The maximum absolute atomic E-state index is 10.3. The molecular weight excluding hydrogens is 216 g/mol. The first-order valence-corrected chi connectivity index (χ1v) is 6.13. The molecule has 4 heteroatoms. The summed E-state index contributed by atoms with van der Waals surface area (Å²) in [6, 6.07) is 5.57. The van der Waals surface area contributed by atoms with Gasteiger partial charge in [-0.2, -0.15) is 0 Å². The molecule has 94 valence electrons. The van der Waals surface area contributed by atoms with E-state index in [1.165, 1.54) is 0 Å². The molecule has 4 nitrogen and oxygen atoms in total. The highest BCUT2D eigenvalue weighted by Crippen LogP contribution is 2.30. The lowest BCUT2D eigenvalue weighted by Crippen LogP contribution is -2.39. The Hall–Kier alpha value is -1.13. The van der Waals surface area contributed by atoms with Gasteiger partial charge < -0.3 is 15.1 Å². The van der Waals surface area contributed by atoms with Crippen LogP contribution in [0.1, 0.15) is 31.4 Å². The third kappa shape index (κ3) is 2.96. The van der Waals surface area contributed by atoms with E-state index in [9.17, 15) is 5.11 Å². The zero-order chi connectivity index (χ0) is 12.3. The van der Waals surface area contributed by atoms with E-state index in [0.717, 1.165) is 31.5 Å². The Labute approximate surface area is 102 Å². The van der Waals surface area contributed by atoms with Crippen molar-refractivity contribution in [2.45, 2.75) is 37.9 Å². The van der Waals surface area contributed by atoms with Gasteiger partial charge in [-0.05, 0) is 25.0 Å². The van der Waals surface area contributed by atoms with E-state index < -0.39 is 5.60 Å². The fourth-order valence-electron chi connectivity index (χ4n) is 2.48. The van der Waals surface area contributed by atoms with Crippen LogP contribution < -0.4 is 4.90 Å². The highest BCUT2D eigenvalue weighted by Gasteiger charge is 2.32. The molecule has 1 aliphatic rings. The van der Waals surface area contributed by atoms with Crippen LogP contribution in [0.4, 0.5) is 5.82 Å². The first-order valence-electron chi connectivity index (χ1n) is 6.13. The van der Waals surface area contributed by atoms with Crippen molar-refractivity contribution in [3.05, 3.63) is 23.9 Å². The van der Waals surface area contributed by atoms with Gasteiger partial charge in [0.25, 0.3) is 0 Å². The molecule has 0 aliphatic heterocycles. The molecule has 0 aromatic carbocycles. The summed E-state index contributed by atoms with van der Waals surface area (Å²) in [4.78, 5) is 6.29. The summed E-state index contributed by atoms with van der Waals surface area (Å²) in [6.07, 6.45) is 3.96. The lowest BCUT2D eigenvalue weighted by Gasteiger charge is -2.29. The van der Waals surface area contributed by atoms with Gasteiger partial charge >= 0.3 is 0 Å². The van der Waals surface area contributed by atoms with Crippen molar-refractivity contribution in [1.29, 1.82) is 0 Å². The zero-order valence-electron chi connectivity index (χ0n) is 10.3. The lowest BCUT2D eigenvalue weighted by molar-refractivity contribution is 0.0558. The molecule has 1 aromatic rings. The number of nitrogens with zero attached hydrogens (tertiary/aromatic N) is 2. The minimum absolute atomic E-state index is 0.0497. The van der Waals surface area contributed by atoms with Gasteiger partial charge in [0.1, 0.15) is 5.82 Å². The predicted molar refractivity (Wildman–Crippen MR) is 66.8 cm³/mol. The van der Waals surface area contributed by atoms with Gasteiger partial charge in [0.15, 0.2) is 0 Å². The van der Waals surface area contributed by atoms with Crippen molar-refractivity contribution < 1.29 is 10.2 Å². The van der Waals surface area contributed by atoms with Gasteiger partial charge in [-0.15, -0.1) is 0 Å². The number of aliphatic hydroxyl groups is 2. The Balaban J connectivity index is 2.05. The number of rotatable bonds is 4. The summed E-state index contributed by atoms with van der Waals surface area (Å²) >= 11 is 0. The summed E-state index contributed by atoms with van der Waals surface area (Å²) in [5.74, 6) is 0.803. The number of aliphatic hydroxyl groups excluding tert-OH is 1. The molecule has 0 unspecified atom stereocenters. The number of aromatic nitrogens is 1. The van der Waals surface area contributed by atoms with E-state index in [1.54, 1.807) is 6.07 Å². The van der Waals surface area contributed by atoms with E-state index in [2.05, 4.69) is 4.98 Å². The maximum Gasteiger partial charge on any atom is 0.128 e. The SMILES string of the molecule is CN(CC1(O)CCCC1)c1cccc(CO)n1. The molecule has 1 aliphatic carbocycles. The summed E-state index contributed by atoms with van der Waals surface area (Å²) in [5.41, 5.74) is 0.0961. The van der Waals surface area contributed by atoms with E-state index in [1.807, 2.05) is 24.1 Å². The molecule has 2 rings (SSSR count). The molecule has 0 radical (unpaired) electrons. The number of anilines is 1. The average molecular weight is 236 g/mol. The number of pyridine rings is 1. The molecule has 1 fully saturated rings. The molecule has 0 spiro atoms. The van der Waals surface area contributed by atoms with E-state index in [-0.39, 0.29) is 6.61 Å². The maximum atomic E-state index is 10.3. The second kappa shape index (κ2) is 5.02. The molecule has 0 saturated heterocycles. The van der Waals surface area contributed by atoms with Gasteiger partial charge in [0, 0.05) is 13.6 Å². The lowest BCUT2D eigenvalue weighted by atomic mass is 10.0. The van der Waals surface area contributed by atoms with Crippen molar-refractivity contribution in [3.8, 4) is 0 Å². The van der Waals surface area contributed by atoms with E-state index in [4.69, 9.17) is 5.11 Å². The van der Waals surface area contributed by atoms with Crippen LogP contribution in [0.3, 0.4) is 0 Å². The van der Waals surface area contributed by atoms with Crippen molar-refractivity contribution in [3.63, 3.8) is 0 Å². The summed E-state index contributed by atoms with van der Waals surface area (Å²) in [7, 11) is 1.93. The molecular formula is C13H20N2O2. The van der Waals surface area contributed by atoms with E-state index >= 15 is 0 Å². The molecule has 0 amide bonds. The summed E-state index contributed by atoms with van der Waals surface area (Å²) < 4.78 is 0. The Morgan fingerprint density at radius 3 is 2.71 bits per heavy atom. The van der Waals surface area contributed by atoms with Crippen molar-refractivity contribution in [2.75, 3.05) is 18.5 Å². The number of hydrogen-bond donors (Lipinski definition) is 2. The first-order chi connectivity index (χ1) is 8.13. The fourth-order valence-corrected chi connectivity index (χ4v) is 2.48. The van der Waals surface area contributed by atoms with Crippen molar-refractivity contribution in [1.82, 2.24) is 4.98 Å². The summed E-state index contributed by atoms with van der Waals surface area (Å²) in [6.45, 7) is 0.556. The van der Waals surface area contributed by atoms with Crippen LogP contribution in [0.25, 0.3) is 0 Å². The van der Waals surface area contributed by atoms with Crippen LogP contribution in [0, 0.1) is 0 Å². The average Bonchev–Trinajstić information content (AvgIpc) is 2.76. The molecule has 0 atom stereocenters.